The van der Waals surface area contributed by atoms with Crippen molar-refractivity contribution in [3.8, 4) is 0 Å². The first-order chi connectivity index (χ1) is 7.18. The highest BCUT2D eigenvalue weighted by molar-refractivity contribution is 5.42. The van der Waals surface area contributed by atoms with Crippen molar-refractivity contribution >= 4 is 5.82 Å². The first-order valence-corrected chi connectivity index (χ1v) is 5.59. The van der Waals surface area contributed by atoms with E-state index in [9.17, 15) is 5.11 Å². The van der Waals surface area contributed by atoms with E-state index in [-0.39, 0.29) is 0 Å². The second kappa shape index (κ2) is 4.19. The van der Waals surface area contributed by atoms with Gasteiger partial charge in [-0.2, -0.15) is 0 Å². The summed E-state index contributed by atoms with van der Waals surface area (Å²) in [7, 11) is 0. The van der Waals surface area contributed by atoms with Gasteiger partial charge in [-0.25, -0.2) is 4.98 Å². The Labute approximate surface area is 90.8 Å². The summed E-state index contributed by atoms with van der Waals surface area (Å²) in [5.74, 6) is 1.05. The van der Waals surface area contributed by atoms with Crippen LogP contribution in [0.25, 0.3) is 0 Å². The summed E-state index contributed by atoms with van der Waals surface area (Å²) in [5.41, 5.74) is 1.87. The largest absolute Gasteiger partial charge is 0.389 e. The molecule has 0 bridgehead atoms. The normalized spacial score (nSPS) is 18.2. The number of aliphatic hydroxyl groups is 1. The Morgan fingerprint density at radius 3 is 2.53 bits per heavy atom. The topological polar surface area (TPSA) is 36.4 Å². The number of aromatic nitrogens is 1. The second-order valence-corrected chi connectivity index (χ2v) is 4.21. The highest BCUT2D eigenvalue weighted by atomic mass is 16.3. The predicted octanol–water partition coefficient (Wildman–Crippen LogP) is 2.04. The Hall–Kier alpha value is -1.09. The molecule has 1 saturated heterocycles. The van der Waals surface area contributed by atoms with Gasteiger partial charge in [0.25, 0.3) is 0 Å². The lowest BCUT2D eigenvalue weighted by atomic mass is 10.1. The molecule has 1 fully saturated rings. The molecular weight excluding hydrogens is 188 g/mol. The lowest BCUT2D eigenvalue weighted by Gasteiger charge is -2.18. The molecule has 15 heavy (non-hydrogen) atoms. The average molecular weight is 206 g/mol. The summed E-state index contributed by atoms with van der Waals surface area (Å²) in [6.07, 6.45) is 2.10. The first kappa shape index (κ1) is 10.4. The van der Waals surface area contributed by atoms with Crippen LogP contribution in [0.4, 0.5) is 5.82 Å². The zero-order chi connectivity index (χ0) is 10.8. The van der Waals surface area contributed by atoms with Crippen molar-refractivity contribution in [2.24, 2.45) is 0 Å². The minimum absolute atomic E-state index is 0.426. The van der Waals surface area contributed by atoms with E-state index in [4.69, 9.17) is 0 Å². The molecule has 1 N–H and O–H groups in total. The van der Waals surface area contributed by atoms with Gasteiger partial charge in [0.2, 0.25) is 0 Å². The smallest absolute Gasteiger partial charge is 0.128 e. The van der Waals surface area contributed by atoms with Crippen LogP contribution in [-0.2, 0) is 0 Å². The number of aryl methyl sites for hydroxylation is 1. The molecule has 0 radical (unpaired) electrons. The fourth-order valence-corrected chi connectivity index (χ4v) is 2.12. The molecule has 3 heteroatoms. The van der Waals surface area contributed by atoms with Gasteiger partial charge in [0.15, 0.2) is 0 Å². The fourth-order valence-electron chi connectivity index (χ4n) is 2.12. The van der Waals surface area contributed by atoms with E-state index in [1.165, 1.54) is 12.8 Å². The van der Waals surface area contributed by atoms with Gasteiger partial charge in [0, 0.05) is 24.3 Å². The maximum Gasteiger partial charge on any atom is 0.128 e. The third-order valence-electron chi connectivity index (χ3n) is 2.99. The number of hydrogen-bond donors (Lipinski definition) is 1. The molecule has 2 rings (SSSR count). The number of pyridine rings is 1. The lowest BCUT2D eigenvalue weighted by Crippen LogP contribution is -2.19. The Kier molecular flexibility index (Phi) is 2.91. The van der Waals surface area contributed by atoms with Gasteiger partial charge in [-0.05, 0) is 32.8 Å². The van der Waals surface area contributed by atoms with E-state index >= 15 is 0 Å². The molecule has 1 aliphatic heterocycles. The minimum atomic E-state index is -0.426. The van der Waals surface area contributed by atoms with Gasteiger partial charge < -0.3 is 10.0 Å². The van der Waals surface area contributed by atoms with Crippen LogP contribution < -0.4 is 4.90 Å². The third kappa shape index (κ3) is 2.12. The van der Waals surface area contributed by atoms with E-state index in [2.05, 4.69) is 9.88 Å². The molecular formula is C12H18N2O. The highest BCUT2D eigenvalue weighted by Crippen LogP contribution is 2.22. The first-order valence-electron chi connectivity index (χ1n) is 5.59. The Bertz CT molecular complexity index is 343. The summed E-state index contributed by atoms with van der Waals surface area (Å²) in [5, 5.41) is 9.51. The van der Waals surface area contributed by atoms with Gasteiger partial charge in [-0.3, -0.25) is 0 Å². The predicted molar refractivity (Wildman–Crippen MR) is 61.1 cm³/mol. The maximum atomic E-state index is 9.51. The summed E-state index contributed by atoms with van der Waals surface area (Å²) >= 11 is 0. The molecule has 1 aromatic heterocycles. The van der Waals surface area contributed by atoms with Crippen molar-refractivity contribution in [1.29, 1.82) is 0 Å². The number of aliphatic hydroxyl groups excluding tert-OH is 1. The van der Waals surface area contributed by atoms with Crippen molar-refractivity contribution in [3.63, 3.8) is 0 Å². The van der Waals surface area contributed by atoms with Crippen LogP contribution in [0.3, 0.4) is 0 Å². The minimum Gasteiger partial charge on any atom is -0.389 e. The van der Waals surface area contributed by atoms with E-state index < -0.39 is 6.10 Å². The Morgan fingerprint density at radius 1 is 1.33 bits per heavy atom. The standard InChI is InChI=1S/C12H18N2O/c1-9-11(10(2)15)5-6-12(13-9)14-7-3-4-8-14/h5-6,10,15H,3-4,7-8H2,1-2H3/t10-/m0/s1. The quantitative estimate of drug-likeness (QED) is 0.804. The van der Waals surface area contributed by atoms with Crippen molar-refractivity contribution in [1.82, 2.24) is 4.98 Å². The number of nitrogens with zero attached hydrogens (tertiary/aromatic N) is 2. The molecule has 0 spiro atoms. The molecule has 1 atom stereocenters. The van der Waals surface area contributed by atoms with Crippen molar-refractivity contribution in [3.05, 3.63) is 23.4 Å². The van der Waals surface area contributed by atoms with E-state index in [1.807, 2.05) is 19.1 Å². The lowest BCUT2D eigenvalue weighted by molar-refractivity contribution is 0.198. The van der Waals surface area contributed by atoms with E-state index in [0.717, 1.165) is 30.2 Å². The van der Waals surface area contributed by atoms with Crippen LogP contribution in [0.5, 0.6) is 0 Å². The molecule has 82 valence electrons. The highest BCUT2D eigenvalue weighted by Gasteiger charge is 2.15. The van der Waals surface area contributed by atoms with E-state index in [0.29, 0.717) is 0 Å². The molecule has 1 aromatic rings. The van der Waals surface area contributed by atoms with Crippen LogP contribution in [-0.4, -0.2) is 23.2 Å². The zero-order valence-electron chi connectivity index (χ0n) is 9.40. The van der Waals surface area contributed by atoms with Crippen LogP contribution in [0.15, 0.2) is 12.1 Å². The average Bonchev–Trinajstić information content (AvgIpc) is 2.69. The van der Waals surface area contributed by atoms with Crippen molar-refractivity contribution in [2.75, 3.05) is 18.0 Å². The molecule has 0 saturated carbocycles. The molecule has 3 nitrogen and oxygen atoms in total. The number of hydrogen-bond acceptors (Lipinski definition) is 3. The third-order valence-corrected chi connectivity index (χ3v) is 2.99. The molecule has 0 aromatic carbocycles. The van der Waals surface area contributed by atoms with Crippen LogP contribution >= 0.6 is 0 Å². The summed E-state index contributed by atoms with van der Waals surface area (Å²) < 4.78 is 0. The van der Waals surface area contributed by atoms with E-state index in [1.54, 1.807) is 6.92 Å². The number of rotatable bonds is 2. The van der Waals surface area contributed by atoms with Crippen molar-refractivity contribution < 1.29 is 5.11 Å². The number of anilines is 1. The summed E-state index contributed by atoms with van der Waals surface area (Å²) in [4.78, 5) is 6.85. The van der Waals surface area contributed by atoms with Gasteiger partial charge in [0.05, 0.1) is 6.10 Å². The van der Waals surface area contributed by atoms with Crippen LogP contribution in [0.1, 0.15) is 37.1 Å². The summed E-state index contributed by atoms with van der Waals surface area (Å²) in [6, 6.07) is 4.00. The van der Waals surface area contributed by atoms with Gasteiger partial charge in [0.1, 0.15) is 5.82 Å². The van der Waals surface area contributed by atoms with Gasteiger partial charge in [-0.15, -0.1) is 0 Å². The van der Waals surface area contributed by atoms with Crippen LogP contribution in [0.2, 0.25) is 0 Å². The second-order valence-electron chi connectivity index (χ2n) is 4.21. The molecule has 2 heterocycles. The summed E-state index contributed by atoms with van der Waals surface area (Å²) in [6.45, 7) is 5.96. The SMILES string of the molecule is Cc1nc(N2CCCC2)ccc1[C@H](C)O. The Morgan fingerprint density at radius 2 is 2.00 bits per heavy atom. The van der Waals surface area contributed by atoms with Crippen molar-refractivity contribution in [2.45, 2.75) is 32.8 Å². The van der Waals surface area contributed by atoms with Gasteiger partial charge >= 0.3 is 0 Å². The fraction of sp³-hybridized carbons (Fsp3) is 0.583. The Balaban J connectivity index is 2.24. The molecule has 1 aliphatic rings. The molecule has 0 aliphatic carbocycles. The maximum absolute atomic E-state index is 9.51. The molecule has 0 amide bonds. The van der Waals surface area contributed by atoms with Crippen LogP contribution in [0, 0.1) is 6.92 Å². The molecule has 0 unspecified atom stereocenters. The van der Waals surface area contributed by atoms with Gasteiger partial charge in [-0.1, -0.05) is 6.07 Å². The monoisotopic (exact) mass is 206 g/mol. The zero-order valence-corrected chi connectivity index (χ0v) is 9.40.